The molecule has 0 atom stereocenters. The van der Waals surface area contributed by atoms with Crippen LogP contribution in [0.4, 0.5) is 0 Å². The van der Waals surface area contributed by atoms with Crippen molar-refractivity contribution in [3.05, 3.63) is 42.3 Å². The zero-order valence-electron chi connectivity index (χ0n) is 9.04. The molecule has 0 aliphatic heterocycles. The Morgan fingerprint density at radius 2 is 2.00 bits per heavy atom. The summed E-state index contributed by atoms with van der Waals surface area (Å²) in [6.07, 6.45) is 7.84. The van der Waals surface area contributed by atoms with Crippen molar-refractivity contribution >= 4 is 6.08 Å². The van der Waals surface area contributed by atoms with Crippen LogP contribution in [0.2, 0.25) is 0 Å². The van der Waals surface area contributed by atoms with E-state index in [1.165, 1.54) is 11.3 Å². The van der Waals surface area contributed by atoms with Gasteiger partial charge in [-0.1, -0.05) is 38.7 Å². The highest BCUT2D eigenvalue weighted by Crippen LogP contribution is 2.09. The monoisotopic (exact) mass is 177 g/mol. The van der Waals surface area contributed by atoms with Gasteiger partial charge in [0.2, 0.25) is 0 Å². The molecule has 0 saturated heterocycles. The van der Waals surface area contributed by atoms with Crippen molar-refractivity contribution in [1.82, 2.24) is 4.57 Å². The minimum atomic E-state index is 1.26. The summed E-state index contributed by atoms with van der Waals surface area (Å²) in [5.74, 6) is 0. The van der Waals surface area contributed by atoms with Gasteiger partial charge in [-0.15, -0.1) is 0 Å². The maximum atomic E-state index is 3.62. The molecule has 72 valence electrons. The van der Waals surface area contributed by atoms with E-state index >= 15 is 0 Å². The fraction of sp³-hybridized carbons (Fsp3) is 0.333. The zero-order chi connectivity index (χ0) is 10.3. The molecule has 1 rings (SSSR count). The number of aromatic nitrogens is 1. The van der Waals surface area contributed by atoms with Crippen LogP contribution in [0.3, 0.4) is 0 Å². The van der Waals surface area contributed by atoms with Crippen molar-refractivity contribution in [2.75, 3.05) is 0 Å². The Hall–Kier alpha value is -1.24. The van der Waals surface area contributed by atoms with Crippen molar-refractivity contribution in [2.45, 2.75) is 20.8 Å². The van der Waals surface area contributed by atoms with Crippen LogP contribution in [0, 0.1) is 6.92 Å². The zero-order valence-corrected chi connectivity index (χ0v) is 9.04. The second-order valence-electron chi connectivity index (χ2n) is 2.56. The molecule has 0 fully saturated rings. The largest absolute Gasteiger partial charge is 0.354 e. The predicted molar refractivity (Wildman–Crippen MR) is 60.7 cm³/mol. The van der Waals surface area contributed by atoms with Crippen molar-refractivity contribution in [1.29, 1.82) is 0 Å². The molecule has 0 bridgehead atoms. The molecule has 0 unspecified atom stereocenters. The van der Waals surface area contributed by atoms with E-state index in [9.17, 15) is 0 Å². The Morgan fingerprint density at radius 1 is 1.38 bits per heavy atom. The average Bonchev–Trinajstić information content (AvgIpc) is 2.48. The van der Waals surface area contributed by atoms with Gasteiger partial charge in [0.15, 0.2) is 0 Å². The van der Waals surface area contributed by atoms with Crippen molar-refractivity contribution in [3.63, 3.8) is 0 Å². The van der Waals surface area contributed by atoms with Gasteiger partial charge in [0.1, 0.15) is 0 Å². The van der Waals surface area contributed by atoms with Crippen LogP contribution in [0.5, 0.6) is 0 Å². The molecule has 1 heterocycles. The van der Waals surface area contributed by atoms with Gasteiger partial charge in [-0.25, -0.2) is 0 Å². The topological polar surface area (TPSA) is 4.93 Å². The van der Waals surface area contributed by atoms with Crippen LogP contribution in [-0.2, 0) is 7.05 Å². The van der Waals surface area contributed by atoms with Gasteiger partial charge in [0.25, 0.3) is 0 Å². The molecule has 0 saturated carbocycles. The molecule has 0 aliphatic carbocycles. The van der Waals surface area contributed by atoms with Crippen molar-refractivity contribution < 1.29 is 0 Å². The number of hydrogen-bond acceptors (Lipinski definition) is 0. The van der Waals surface area contributed by atoms with E-state index in [0.717, 1.165) is 0 Å². The van der Waals surface area contributed by atoms with E-state index < -0.39 is 0 Å². The van der Waals surface area contributed by atoms with Gasteiger partial charge in [-0.05, 0) is 18.6 Å². The van der Waals surface area contributed by atoms with Crippen LogP contribution in [-0.4, -0.2) is 4.57 Å². The first-order valence-electron chi connectivity index (χ1n) is 4.66. The summed E-state index contributed by atoms with van der Waals surface area (Å²) in [5, 5.41) is 0. The Kier molecular flexibility index (Phi) is 5.69. The summed E-state index contributed by atoms with van der Waals surface area (Å²) in [4.78, 5) is 0. The lowest BCUT2D eigenvalue weighted by Crippen LogP contribution is -1.87. The maximum Gasteiger partial charge on any atom is 0.0213 e. The lowest BCUT2D eigenvalue weighted by atomic mass is 10.2. The molecule has 0 spiro atoms. The molecule has 0 N–H and O–H groups in total. The number of rotatable bonds is 2. The number of aryl methyl sites for hydroxylation is 1. The third-order valence-electron chi connectivity index (χ3n) is 1.84. The summed E-state index contributed by atoms with van der Waals surface area (Å²) >= 11 is 0. The Morgan fingerprint density at radius 3 is 2.38 bits per heavy atom. The van der Waals surface area contributed by atoms with Crippen molar-refractivity contribution in [3.8, 4) is 0 Å². The molecular weight excluding hydrogens is 158 g/mol. The maximum absolute atomic E-state index is 3.62. The lowest BCUT2D eigenvalue weighted by molar-refractivity contribution is 0.881. The number of allylic oxidation sites excluding steroid dienone is 2. The second-order valence-corrected chi connectivity index (χ2v) is 2.56. The van der Waals surface area contributed by atoms with Crippen LogP contribution in [0.1, 0.15) is 25.1 Å². The van der Waals surface area contributed by atoms with E-state index in [0.29, 0.717) is 0 Å². The first-order valence-corrected chi connectivity index (χ1v) is 4.66. The standard InChI is InChI=1S/C10H13N.C2H6/c1-4-5-6-10-7-8-11(3)9(10)2;1-2/h4-8H,1H2,2-3H3;1-2H3/b6-5-;. The van der Waals surface area contributed by atoms with E-state index in [1.54, 1.807) is 6.08 Å². The fourth-order valence-electron chi connectivity index (χ4n) is 0.976. The van der Waals surface area contributed by atoms with Gasteiger partial charge in [0.05, 0.1) is 0 Å². The van der Waals surface area contributed by atoms with E-state index in [-0.39, 0.29) is 0 Å². The highest BCUT2D eigenvalue weighted by Gasteiger charge is 1.95. The Bertz CT molecular complexity index is 279. The summed E-state index contributed by atoms with van der Waals surface area (Å²) in [5.41, 5.74) is 2.54. The van der Waals surface area contributed by atoms with Crippen LogP contribution >= 0.6 is 0 Å². The molecule has 0 radical (unpaired) electrons. The first-order chi connectivity index (χ1) is 6.25. The Labute approximate surface area is 81.4 Å². The fourth-order valence-corrected chi connectivity index (χ4v) is 0.976. The molecule has 1 aromatic heterocycles. The van der Waals surface area contributed by atoms with Gasteiger partial charge in [0, 0.05) is 18.9 Å². The Balaban J connectivity index is 0.000000671. The van der Waals surface area contributed by atoms with Crippen molar-refractivity contribution in [2.24, 2.45) is 7.05 Å². The van der Waals surface area contributed by atoms with E-state index in [1.807, 2.05) is 27.0 Å². The molecule has 0 amide bonds. The number of hydrogen-bond donors (Lipinski definition) is 0. The predicted octanol–water partition coefficient (Wildman–Crippen LogP) is 3.56. The smallest absolute Gasteiger partial charge is 0.0213 e. The summed E-state index contributed by atoms with van der Waals surface area (Å²) in [6, 6.07) is 2.09. The highest BCUT2D eigenvalue weighted by atomic mass is 14.9. The first kappa shape index (κ1) is 11.8. The second kappa shape index (κ2) is 6.30. The molecule has 1 nitrogen and oxygen atoms in total. The minimum absolute atomic E-state index is 1.26. The van der Waals surface area contributed by atoms with Crippen LogP contribution < -0.4 is 0 Å². The van der Waals surface area contributed by atoms with Gasteiger partial charge in [-0.2, -0.15) is 0 Å². The summed E-state index contributed by atoms with van der Waals surface area (Å²) in [7, 11) is 2.04. The van der Waals surface area contributed by atoms with Gasteiger partial charge < -0.3 is 4.57 Å². The number of nitrogens with zero attached hydrogens (tertiary/aromatic N) is 1. The molecule has 1 aromatic rings. The molecule has 0 aliphatic rings. The average molecular weight is 177 g/mol. The molecule has 13 heavy (non-hydrogen) atoms. The van der Waals surface area contributed by atoms with E-state index in [4.69, 9.17) is 0 Å². The minimum Gasteiger partial charge on any atom is -0.354 e. The third kappa shape index (κ3) is 3.32. The quantitative estimate of drug-likeness (QED) is 0.609. The van der Waals surface area contributed by atoms with Gasteiger partial charge in [-0.3, -0.25) is 0 Å². The normalized spacial score (nSPS) is 9.54. The lowest BCUT2D eigenvalue weighted by Gasteiger charge is -1.95. The third-order valence-corrected chi connectivity index (χ3v) is 1.84. The molecule has 1 heteroatoms. The summed E-state index contributed by atoms with van der Waals surface area (Å²) in [6.45, 7) is 9.72. The van der Waals surface area contributed by atoms with E-state index in [2.05, 4.69) is 36.4 Å². The molecule has 0 aromatic carbocycles. The highest BCUT2D eigenvalue weighted by molar-refractivity contribution is 5.53. The van der Waals surface area contributed by atoms with Crippen LogP contribution in [0.15, 0.2) is 31.0 Å². The summed E-state index contributed by atoms with van der Waals surface area (Å²) < 4.78 is 2.10. The van der Waals surface area contributed by atoms with Gasteiger partial charge >= 0.3 is 0 Å². The molecular formula is C12H19N. The van der Waals surface area contributed by atoms with Crippen LogP contribution in [0.25, 0.3) is 6.08 Å². The SMILES string of the molecule is C=C/C=C\c1ccn(C)c1C.CC.